The number of nitrogens with one attached hydrogen (secondary N) is 3. The molecular weight excluding hydrogens is 248 g/mol. The van der Waals surface area contributed by atoms with Gasteiger partial charge in [-0.3, -0.25) is 10.2 Å². The molecule has 1 amide bonds. The fourth-order valence-electron chi connectivity index (χ4n) is 1.03. The first-order valence-electron chi connectivity index (χ1n) is 6.39. The molecule has 0 aliphatic rings. The summed E-state index contributed by atoms with van der Waals surface area (Å²) in [4.78, 5) is 19.2. The second kappa shape index (κ2) is 10.6. The van der Waals surface area contributed by atoms with Crippen LogP contribution in [-0.2, 0) is 9.63 Å². The molecular formula is C11H24N6O2. The quantitative estimate of drug-likeness (QED) is 0.182. The third-order valence-electron chi connectivity index (χ3n) is 2.28. The van der Waals surface area contributed by atoms with Gasteiger partial charge in [-0.05, 0) is 11.4 Å². The van der Waals surface area contributed by atoms with Gasteiger partial charge in [0.05, 0.1) is 6.61 Å². The Hall–Kier alpha value is -1.34. The van der Waals surface area contributed by atoms with E-state index in [1.54, 1.807) is 6.92 Å². The Morgan fingerprint density at radius 1 is 1.32 bits per heavy atom. The predicted molar refractivity (Wildman–Crippen MR) is 72.7 cm³/mol. The highest BCUT2D eigenvalue weighted by atomic mass is 16.6. The van der Waals surface area contributed by atoms with Crippen LogP contribution >= 0.6 is 0 Å². The van der Waals surface area contributed by atoms with Gasteiger partial charge in [0.1, 0.15) is 0 Å². The van der Waals surface area contributed by atoms with Gasteiger partial charge in [-0.2, -0.15) is 0 Å². The third-order valence-corrected chi connectivity index (χ3v) is 2.28. The minimum absolute atomic E-state index is 0.0329. The summed E-state index contributed by atoms with van der Waals surface area (Å²) in [6.45, 7) is 9.03. The van der Waals surface area contributed by atoms with Crippen molar-refractivity contribution in [3.8, 4) is 0 Å². The van der Waals surface area contributed by atoms with E-state index in [0.717, 1.165) is 0 Å². The van der Waals surface area contributed by atoms with Gasteiger partial charge < -0.3 is 4.84 Å². The lowest BCUT2D eigenvalue weighted by molar-refractivity contribution is -0.125. The lowest BCUT2D eigenvalue weighted by Gasteiger charge is -2.15. The molecule has 110 valence electrons. The Morgan fingerprint density at radius 3 is 2.58 bits per heavy atom. The fraction of sp³-hybridized carbons (Fsp3) is 0.909. The Labute approximate surface area is 113 Å². The standard InChI is InChI=1S/C11H24N6O2/c1-8(2)11(18)16-13-5-9(3)7-19-14-6-10(4)15-17-12/h8-10,13-14H,5-7H2,1-4H3,(H,16,18). The molecule has 0 fully saturated rings. The molecule has 0 aliphatic heterocycles. The van der Waals surface area contributed by atoms with E-state index in [0.29, 0.717) is 19.7 Å². The zero-order valence-electron chi connectivity index (χ0n) is 12.0. The highest BCUT2D eigenvalue weighted by molar-refractivity contribution is 5.77. The molecule has 0 bridgehead atoms. The van der Waals surface area contributed by atoms with Crippen molar-refractivity contribution < 1.29 is 9.63 Å². The second-order valence-electron chi connectivity index (χ2n) is 4.84. The number of hydrogen-bond donors (Lipinski definition) is 3. The van der Waals surface area contributed by atoms with Gasteiger partial charge in [0.2, 0.25) is 5.91 Å². The molecule has 0 aromatic carbocycles. The Balaban J connectivity index is 3.52. The zero-order valence-corrected chi connectivity index (χ0v) is 12.0. The van der Waals surface area contributed by atoms with Gasteiger partial charge in [-0.1, -0.05) is 32.8 Å². The summed E-state index contributed by atoms with van der Waals surface area (Å²) in [5, 5.41) is 3.50. The normalized spacial score (nSPS) is 13.7. The van der Waals surface area contributed by atoms with E-state index in [-0.39, 0.29) is 23.8 Å². The van der Waals surface area contributed by atoms with Crippen LogP contribution in [0.15, 0.2) is 5.11 Å². The van der Waals surface area contributed by atoms with Gasteiger partial charge in [0.25, 0.3) is 0 Å². The molecule has 0 aliphatic carbocycles. The van der Waals surface area contributed by atoms with Crippen LogP contribution < -0.4 is 16.3 Å². The number of nitrogens with zero attached hydrogens (tertiary/aromatic N) is 3. The predicted octanol–water partition coefficient (Wildman–Crippen LogP) is 1.12. The van der Waals surface area contributed by atoms with Gasteiger partial charge in [-0.25, -0.2) is 10.9 Å². The first kappa shape index (κ1) is 17.7. The van der Waals surface area contributed by atoms with Crippen molar-refractivity contribution in [2.45, 2.75) is 33.7 Å². The SMILES string of the molecule is CC(CNNC(=O)C(C)C)CONCC(C)N=[N+]=[N-]. The average molecular weight is 272 g/mol. The van der Waals surface area contributed by atoms with Crippen LogP contribution in [0.2, 0.25) is 0 Å². The zero-order chi connectivity index (χ0) is 14.7. The topological polar surface area (TPSA) is 111 Å². The third kappa shape index (κ3) is 10.3. The Kier molecular flexibility index (Phi) is 9.82. The molecule has 2 atom stereocenters. The molecule has 8 nitrogen and oxygen atoms in total. The van der Waals surface area contributed by atoms with Crippen molar-refractivity contribution >= 4 is 5.91 Å². The molecule has 19 heavy (non-hydrogen) atoms. The lowest BCUT2D eigenvalue weighted by Crippen LogP contribution is -2.42. The van der Waals surface area contributed by atoms with Gasteiger partial charge in [-0.15, -0.1) is 0 Å². The van der Waals surface area contributed by atoms with E-state index in [9.17, 15) is 4.79 Å². The maximum atomic E-state index is 11.3. The number of carbonyl (C=O) groups is 1. The van der Waals surface area contributed by atoms with Crippen molar-refractivity contribution in [3.05, 3.63) is 10.4 Å². The fourth-order valence-corrected chi connectivity index (χ4v) is 1.03. The molecule has 8 heteroatoms. The monoisotopic (exact) mass is 272 g/mol. The van der Waals surface area contributed by atoms with E-state index in [2.05, 4.69) is 26.4 Å². The average Bonchev–Trinajstić information content (AvgIpc) is 2.34. The summed E-state index contributed by atoms with van der Waals surface area (Å²) in [6, 6.07) is -0.149. The highest BCUT2D eigenvalue weighted by Gasteiger charge is 2.07. The van der Waals surface area contributed by atoms with Crippen LogP contribution in [0.25, 0.3) is 10.4 Å². The van der Waals surface area contributed by atoms with Crippen molar-refractivity contribution in [3.63, 3.8) is 0 Å². The number of hydroxylamine groups is 1. The molecule has 0 rings (SSSR count). The van der Waals surface area contributed by atoms with E-state index in [4.69, 9.17) is 10.4 Å². The largest absolute Gasteiger partial charge is 0.301 e. The van der Waals surface area contributed by atoms with Crippen molar-refractivity contribution in [2.75, 3.05) is 19.7 Å². The summed E-state index contributed by atoms with van der Waals surface area (Å²) in [5.41, 5.74) is 16.4. The number of hydrazine groups is 1. The molecule has 0 aromatic rings. The molecule has 3 N–H and O–H groups in total. The van der Waals surface area contributed by atoms with Crippen molar-refractivity contribution in [1.29, 1.82) is 0 Å². The second-order valence-corrected chi connectivity index (χ2v) is 4.84. The summed E-state index contributed by atoms with van der Waals surface area (Å²) >= 11 is 0. The number of carbonyl (C=O) groups excluding carboxylic acids is 1. The van der Waals surface area contributed by atoms with Crippen LogP contribution in [-0.4, -0.2) is 31.6 Å². The molecule has 0 heterocycles. The molecule has 0 saturated heterocycles. The van der Waals surface area contributed by atoms with Gasteiger partial charge in [0, 0.05) is 30.0 Å². The molecule has 0 radical (unpaired) electrons. The number of amides is 1. The Morgan fingerprint density at radius 2 is 2.00 bits per heavy atom. The summed E-state index contributed by atoms with van der Waals surface area (Å²) in [6.07, 6.45) is 0. The molecule has 0 saturated carbocycles. The smallest absolute Gasteiger partial charge is 0.236 e. The van der Waals surface area contributed by atoms with Gasteiger partial charge >= 0.3 is 0 Å². The van der Waals surface area contributed by atoms with Gasteiger partial charge in [0.15, 0.2) is 0 Å². The maximum Gasteiger partial charge on any atom is 0.236 e. The van der Waals surface area contributed by atoms with E-state index in [1.165, 1.54) is 0 Å². The van der Waals surface area contributed by atoms with Crippen LogP contribution in [0.3, 0.4) is 0 Å². The van der Waals surface area contributed by atoms with Crippen LogP contribution in [0.4, 0.5) is 0 Å². The minimum atomic E-state index is -0.149. The minimum Gasteiger partial charge on any atom is -0.301 e. The first-order chi connectivity index (χ1) is 8.97. The summed E-state index contributed by atoms with van der Waals surface area (Å²) < 4.78 is 0. The lowest BCUT2D eigenvalue weighted by atomic mass is 10.2. The summed E-state index contributed by atoms with van der Waals surface area (Å²) in [5.74, 6) is 0.159. The molecule has 0 spiro atoms. The number of hydrogen-bond acceptors (Lipinski definition) is 5. The van der Waals surface area contributed by atoms with Crippen molar-refractivity contribution in [2.24, 2.45) is 17.0 Å². The van der Waals surface area contributed by atoms with Crippen molar-refractivity contribution in [1.82, 2.24) is 16.3 Å². The summed E-state index contributed by atoms with van der Waals surface area (Å²) in [7, 11) is 0. The molecule has 0 aromatic heterocycles. The van der Waals surface area contributed by atoms with E-state index in [1.807, 2.05) is 20.8 Å². The maximum absolute atomic E-state index is 11.3. The molecule has 2 unspecified atom stereocenters. The highest BCUT2D eigenvalue weighted by Crippen LogP contribution is 1.93. The van der Waals surface area contributed by atoms with E-state index >= 15 is 0 Å². The van der Waals surface area contributed by atoms with Crippen LogP contribution in [0.1, 0.15) is 27.7 Å². The first-order valence-corrected chi connectivity index (χ1v) is 6.39. The Bertz CT molecular complexity index is 304. The van der Waals surface area contributed by atoms with Crippen LogP contribution in [0.5, 0.6) is 0 Å². The number of azide groups is 1. The van der Waals surface area contributed by atoms with Crippen LogP contribution in [0, 0.1) is 11.8 Å². The number of rotatable bonds is 10. The van der Waals surface area contributed by atoms with E-state index < -0.39 is 0 Å².